The summed E-state index contributed by atoms with van der Waals surface area (Å²) in [5, 5.41) is 3.51. The van der Waals surface area contributed by atoms with Gasteiger partial charge in [-0.05, 0) is 51.1 Å². The van der Waals surface area contributed by atoms with Gasteiger partial charge in [-0.3, -0.25) is 4.90 Å². The van der Waals surface area contributed by atoms with Crippen molar-refractivity contribution in [3.05, 3.63) is 0 Å². The second-order valence-electron chi connectivity index (χ2n) is 5.78. The van der Waals surface area contributed by atoms with Gasteiger partial charge in [-0.1, -0.05) is 13.8 Å². The zero-order valence-corrected chi connectivity index (χ0v) is 10.5. The SMILES string of the molecule is CC1CCC(N(C)C2CNCC2C)CC1. The minimum Gasteiger partial charge on any atom is -0.315 e. The van der Waals surface area contributed by atoms with Crippen LogP contribution in [0, 0.1) is 11.8 Å². The average molecular weight is 210 g/mol. The van der Waals surface area contributed by atoms with E-state index in [1.54, 1.807) is 0 Å². The lowest BCUT2D eigenvalue weighted by Gasteiger charge is -2.38. The molecule has 1 saturated carbocycles. The maximum atomic E-state index is 3.51. The molecule has 2 aliphatic rings. The van der Waals surface area contributed by atoms with E-state index in [0.717, 1.165) is 23.9 Å². The van der Waals surface area contributed by atoms with Crippen molar-refractivity contribution in [1.29, 1.82) is 0 Å². The van der Waals surface area contributed by atoms with Crippen molar-refractivity contribution in [3.8, 4) is 0 Å². The molecule has 0 amide bonds. The van der Waals surface area contributed by atoms with E-state index in [1.807, 2.05) is 0 Å². The van der Waals surface area contributed by atoms with Crippen LogP contribution in [0.25, 0.3) is 0 Å². The zero-order chi connectivity index (χ0) is 10.8. The van der Waals surface area contributed by atoms with E-state index in [1.165, 1.54) is 38.8 Å². The van der Waals surface area contributed by atoms with E-state index in [0.29, 0.717) is 0 Å². The molecule has 0 bridgehead atoms. The average Bonchev–Trinajstić information content (AvgIpc) is 2.65. The molecule has 2 heteroatoms. The Morgan fingerprint density at radius 2 is 1.67 bits per heavy atom. The highest BCUT2D eigenvalue weighted by molar-refractivity contribution is 4.89. The number of hydrogen-bond acceptors (Lipinski definition) is 2. The first-order valence-corrected chi connectivity index (χ1v) is 6.61. The molecule has 1 aliphatic carbocycles. The van der Waals surface area contributed by atoms with Crippen LogP contribution in [0.3, 0.4) is 0 Å². The second kappa shape index (κ2) is 4.84. The maximum Gasteiger partial charge on any atom is 0.0258 e. The first-order valence-electron chi connectivity index (χ1n) is 6.61. The van der Waals surface area contributed by atoms with Gasteiger partial charge in [0, 0.05) is 18.6 Å². The fourth-order valence-electron chi connectivity index (χ4n) is 3.26. The summed E-state index contributed by atoms with van der Waals surface area (Å²) in [6.45, 7) is 7.18. The first kappa shape index (κ1) is 11.4. The van der Waals surface area contributed by atoms with E-state index in [4.69, 9.17) is 0 Å². The standard InChI is InChI=1S/C13H26N2/c1-10-4-6-12(7-5-10)15(3)13-9-14-8-11(13)2/h10-14H,4-9H2,1-3H3. The Labute approximate surface area is 94.4 Å². The molecule has 0 spiro atoms. The van der Waals surface area contributed by atoms with Gasteiger partial charge in [0.15, 0.2) is 0 Å². The molecule has 2 atom stereocenters. The van der Waals surface area contributed by atoms with Crippen LogP contribution in [-0.2, 0) is 0 Å². The first-order chi connectivity index (χ1) is 7.18. The smallest absolute Gasteiger partial charge is 0.0258 e. The predicted molar refractivity (Wildman–Crippen MR) is 65.0 cm³/mol. The fraction of sp³-hybridized carbons (Fsp3) is 1.00. The third-order valence-corrected chi connectivity index (χ3v) is 4.56. The van der Waals surface area contributed by atoms with Crippen LogP contribution in [-0.4, -0.2) is 37.1 Å². The van der Waals surface area contributed by atoms with Crippen LogP contribution in [0.15, 0.2) is 0 Å². The summed E-state index contributed by atoms with van der Waals surface area (Å²) in [5.74, 6) is 1.79. The third kappa shape index (κ3) is 2.54. The number of nitrogens with one attached hydrogen (secondary N) is 1. The molecule has 0 aromatic heterocycles. The van der Waals surface area contributed by atoms with Crippen molar-refractivity contribution in [3.63, 3.8) is 0 Å². The normalized spacial score (nSPS) is 42.4. The molecule has 2 nitrogen and oxygen atoms in total. The molecule has 15 heavy (non-hydrogen) atoms. The van der Waals surface area contributed by atoms with Crippen LogP contribution in [0.4, 0.5) is 0 Å². The van der Waals surface area contributed by atoms with Crippen LogP contribution in [0.2, 0.25) is 0 Å². The Kier molecular flexibility index (Phi) is 3.68. The Bertz CT molecular complexity index is 197. The summed E-state index contributed by atoms with van der Waals surface area (Å²) in [7, 11) is 2.34. The quantitative estimate of drug-likeness (QED) is 0.751. The highest BCUT2D eigenvalue weighted by atomic mass is 15.2. The maximum absolute atomic E-state index is 3.51. The Morgan fingerprint density at radius 1 is 1.00 bits per heavy atom. The van der Waals surface area contributed by atoms with Gasteiger partial charge in [0.25, 0.3) is 0 Å². The number of likely N-dealkylation sites (N-methyl/N-ethyl adjacent to an activating group) is 1. The van der Waals surface area contributed by atoms with Crippen molar-refractivity contribution in [1.82, 2.24) is 10.2 Å². The molecular weight excluding hydrogens is 184 g/mol. The highest BCUT2D eigenvalue weighted by Gasteiger charge is 2.31. The molecule has 0 aromatic rings. The molecule has 1 aliphatic heterocycles. The molecular formula is C13H26N2. The number of nitrogens with zero attached hydrogens (tertiary/aromatic N) is 1. The van der Waals surface area contributed by atoms with E-state index in [-0.39, 0.29) is 0 Å². The van der Waals surface area contributed by atoms with Gasteiger partial charge in [-0.2, -0.15) is 0 Å². The number of hydrogen-bond donors (Lipinski definition) is 1. The van der Waals surface area contributed by atoms with E-state index in [2.05, 4.69) is 31.1 Å². The molecule has 2 fully saturated rings. The summed E-state index contributed by atoms with van der Waals surface area (Å²) >= 11 is 0. The van der Waals surface area contributed by atoms with Gasteiger partial charge in [0.1, 0.15) is 0 Å². The Balaban J connectivity index is 1.87. The van der Waals surface area contributed by atoms with Crippen LogP contribution >= 0.6 is 0 Å². The Morgan fingerprint density at radius 3 is 2.20 bits per heavy atom. The largest absolute Gasteiger partial charge is 0.315 e. The molecule has 1 N–H and O–H groups in total. The summed E-state index contributed by atoms with van der Waals surface area (Å²) in [4.78, 5) is 2.66. The summed E-state index contributed by atoms with van der Waals surface area (Å²) in [6.07, 6.45) is 5.70. The van der Waals surface area contributed by atoms with Crippen LogP contribution in [0.1, 0.15) is 39.5 Å². The van der Waals surface area contributed by atoms with E-state index < -0.39 is 0 Å². The van der Waals surface area contributed by atoms with Crippen LogP contribution in [0.5, 0.6) is 0 Å². The van der Waals surface area contributed by atoms with Crippen molar-refractivity contribution >= 4 is 0 Å². The molecule has 2 rings (SSSR count). The lowest BCUT2D eigenvalue weighted by atomic mass is 9.86. The fourth-order valence-corrected chi connectivity index (χ4v) is 3.26. The van der Waals surface area contributed by atoms with Crippen LogP contribution < -0.4 is 5.32 Å². The zero-order valence-electron chi connectivity index (χ0n) is 10.5. The molecule has 88 valence electrons. The Hall–Kier alpha value is -0.0800. The lowest BCUT2D eigenvalue weighted by Crippen LogP contribution is -2.45. The summed E-state index contributed by atoms with van der Waals surface area (Å²) in [5.41, 5.74) is 0. The molecule has 1 heterocycles. The lowest BCUT2D eigenvalue weighted by molar-refractivity contribution is 0.113. The number of rotatable bonds is 2. The van der Waals surface area contributed by atoms with E-state index >= 15 is 0 Å². The van der Waals surface area contributed by atoms with E-state index in [9.17, 15) is 0 Å². The van der Waals surface area contributed by atoms with Crippen molar-refractivity contribution < 1.29 is 0 Å². The highest BCUT2D eigenvalue weighted by Crippen LogP contribution is 2.29. The van der Waals surface area contributed by atoms with Gasteiger partial charge in [0.05, 0.1) is 0 Å². The van der Waals surface area contributed by atoms with Gasteiger partial charge in [-0.25, -0.2) is 0 Å². The van der Waals surface area contributed by atoms with Crippen molar-refractivity contribution in [2.24, 2.45) is 11.8 Å². The minimum absolute atomic E-state index is 0.781. The molecule has 0 radical (unpaired) electrons. The third-order valence-electron chi connectivity index (χ3n) is 4.56. The van der Waals surface area contributed by atoms with Gasteiger partial charge < -0.3 is 5.32 Å². The molecule has 1 saturated heterocycles. The van der Waals surface area contributed by atoms with Gasteiger partial charge >= 0.3 is 0 Å². The minimum atomic E-state index is 0.781. The second-order valence-corrected chi connectivity index (χ2v) is 5.78. The van der Waals surface area contributed by atoms with Gasteiger partial charge in [-0.15, -0.1) is 0 Å². The van der Waals surface area contributed by atoms with Crippen molar-refractivity contribution in [2.75, 3.05) is 20.1 Å². The topological polar surface area (TPSA) is 15.3 Å². The summed E-state index contributed by atoms with van der Waals surface area (Å²) < 4.78 is 0. The monoisotopic (exact) mass is 210 g/mol. The molecule has 0 aromatic carbocycles. The molecule has 2 unspecified atom stereocenters. The summed E-state index contributed by atoms with van der Waals surface area (Å²) in [6, 6.07) is 1.64. The predicted octanol–water partition coefficient (Wildman–Crippen LogP) is 2.10. The van der Waals surface area contributed by atoms with Crippen molar-refractivity contribution in [2.45, 2.75) is 51.6 Å². The van der Waals surface area contributed by atoms with Gasteiger partial charge in [0.2, 0.25) is 0 Å².